The number of likely N-dealkylation sites (tertiary alicyclic amines) is 1. The van der Waals surface area contributed by atoms with Gasteiger partial charge in [0.2, 0.25) is 5.91 Å². The molecule has 0 aliphatic carbocycles. The fraction of sp³-hybridized carbons (Fsp3) is 0.368. The molecule has 1 unspecified atom stereocenters. The Morgan fingerprint density at radius 2 is 2.07 bits per heavy atom. The highest BCUT2D eigenvalue weighted by Crippen LogP contribution is 2.24. The number of nitrogens with one attached hydrogen (secondary N) is 1. The van der Waals surface area contributed by atoms with Crippen LogP contribution in [0.2, 0.25) is 0 Å². The zero-order valence-corrected chi connectivity index (χ0v) is 15.7. The van der Waals surface area contributed by atoms with E-state index in [2.05, 4.69) is 20.3 Å². The van der Waals surface area contributed by atoms with Gasteiger partial charge in [-0.25, -0.2) is 19.3 Å². The van der Waals surface area contributed by atoms with E-state index in [0.29, 0.717) is 42.4 Å². The average Bonchev–Trinajstić information content (AvgIpc) is 3.10. The lowest BCUT2D eigenvalue weighted by Crippen LogP contribution is -2.46. The topological polar surface area (TPSA) is 75.4 Å². The molecule has 1 N–H and O–H groups in total. The summed E-state index contributed by atoms with van der Waals surface area (Å²) < 4.78 is 52.7. The molecule has 4 heterocycles. The van der Waals surface area contributed by atoms with Gasteiger partial charge in [-0.1, -0.05) is 0 Å². The molecule has 0 spiro atoms. The molecule has 1 aliphatic heterocycles. The Labute approximate surface area is 168 Å². The van der Waals surface area contributed by atoms with E-state index >= 15 is 0 Å². The number of hydrogen-bond acceptors (Lipinski definition) is 5. The highest BCUT2D eigenvalue weighted by atomic mass is 19.4. The predicted octanol–water partition coefficient (Wildman–Crippen LogP) is 3.29. The molecule has 1 fully saturated rings. The van der Waals surface area contributed by atoms with Crippen LogP contribution in [0.15, 0.2) is 36.8 Å². The SMILES string of the molecule is O=C(CC(F)(F)F)N1CCCC(Nc2ccnc(-c3cnc4ccc(F)cn34)n2)C1. The largest absolute Gasteiger partial charge is 0.397 e. The predicted molar refractivity (Wildman–Crippen MR) is 100 cm³/mol. The third-order valence-corrected chi connectivity index (χ3v) is 4.83. The number of nitrogens with zero attached hydrogens (tertiary/aromatic N) is 5. The van der Waals surface area contributed by atoms with Crippen molar-refractivity contribution in [3.05, 3.63) is 42.6 Å². The maximum absolute atomic E-state index is 13.6. The van der Waals surface area contributed by atoms with Gasteiger partial charge in [-0.05, 0) is 31.0 Å². The number of aromatic nitrogens is 4. The molecule has 3 aromatic heterocycles. The van der Waals surface area contributed by atoms with Gasteiger partial charge in [0.1, 0.15) is 29.4 Å². The van der Waals surface area contributed by atoms with Gasteiger partial charge >= 0.3 is 6.18 Å². The highest BCUT2D eigenvalue weighted by Gasteiger charge is 2.35. The van der Waals surface area contributed by atoms with Crippen LogP contribution in [0.4, 0.5) is 23.4 Å². The molecule has 0 saturated carbocycles. The summed E-state index contributed by atoms with van der Waals surface area (Å²) in [5.74, 6) is -0.577. The van der Waals surface area contributed by atoms with Crippen molar-refractivity contribution in [3.63, 3.8) is 0 Å². The van der Waals surface area contributed by atoms with Gasteiger partial charge in [-0.3, -0.25) is 9.20 Å². The monoisotopic (exact) mass is 422 g/mol. The summed E-state index contributed by atoms with van der Waals surface area (Å²) in [6, 6.07) is 4.23. The van der Waals surface area contributed by atoms with Crippen LogP contribution in [0.1, 0.15) is 19.3 Å². The molecule has 11 heteroatoms. The number of alkyl halides is 3. The van der Waals surface area contributed by atoms with Crippen molar-refractivity contribution in [3.8, 4) is 11.5 Å². The number of carbonyl (C=O) groups excluding carboxylic acids is 1. The molecule has 0 aromatic carbocycles. The molecule has 1 amide bonds. The summed E-state index contributed by atoms with van der Waals surface area (Å²) in [5, 5.41) is 3.16. The quantitative estimate of drug-likeness (QED) is 0.653. The van der Waals surface area contributed by atoms with Crippen LogP contribution in [0.3, 0.4) is 0 Å². The first-order chi connectivity index (χ1) is 14.3. The van der Waals surface area contributed by atoms with Crippen LogP contribution in [-0.4, -0.2) is 55.5 Å². The molecule has 158 valence electrons. The number of imidazole rings is 1. The van der Waals surface area contributed by atoms with Crippen molar-refractivity contribution in [1.29, 1.82) is 0 Å². The van der Waals surface area contributed by atoms with E-state index in [1.807, 2.05) is 0 Å². The average molecular weight is 422 g/mol. The summed E-state index contributed by atoms with van der Waals surface area (Å²) in [6.45, 7) is 0.463. The number of anilines is 1. The lowest BCUT2D eigenvalue weighted by Gasteiger charge is -2.33. The number of halogens is 4. The molecule has 4 rings (SSSR count). The zero-order valence-electron chi connectivity index (χ0n) is 15.7. The van der Waals surface area contributed by atoms with Crippen LogP contribution in [-0.2, 0) is 4.79 Å². The van der Waals surface area contributed by atoms with Crippen molar-refractivity contribution < 1.29 is 22.4 Å². The Balaban J connectivity index is 1.49. The number of pyridine rings is 1. The van der Waals surface area contributed by atoms with E-state index in [1.165, 1.54) is 40.0 Å². The Kier molecular flexibility index (Phi) is 5.27. The van der Waals surface area contributed by atoms with Crippen LogP contribution in [0, 0.1) is 5.82 Å². The second kappa shape index (κ2) is 7.88. The first-order valence-corrected chi connectivity index (χ1v) is 9.35. The smallest absolute Gasteiger partial charge is 0.365 e. The third-order valence-electron chi connectivity index (χ3n) is 4.83. The molecule has 3 aromatic rings. The van der Waals surface area contributed by atoms with Crippen LogP contribution < -0.4 is 5.32 Å². The lowest BCUT2D eigenvalue weighted by molar-refractivity contribution is -0.162. The van der Waals surface area contributed by atoms with E-state index < -0.39 is 24.3 Å². The summed E-state index contributed by atoms with van der Waals surface area (Å²) in [6.07, 6.45) is -0.354. The molecule has 30 heavy (non-hydrogen) atoms. The molecule has 1 aliphatic rings. The Morgan fingerprint density at radius 1 is 1.23 bits per heavy atom. The van der Waals surface area contributed by atoms with Gasteiger partial charge in [0.25, 0.3) is 0 Å². The maximum atomic E-state index is 13.6. The van der Waals surface area contributed by atoms with Gasteiger partial charge in [0.15, 0.2) is 5.82 Å². The number of fused-ring (bicyclic) bond motifs is 1. The van der Waals surface area contributed by atoms with E-state index in [0.717, 1.165) is 0 Å². The maximum Gasteiger partial charge on any atom is 0.397 e. The lowest BCUT2D eigenvalue weighted by atomic mass is 10.1. The minimum Gasteiger partial charge on any atom is -0.365 e. The van der Waals surface area contributed by atoms with Gasteiger partial charge in [-0.15, -0.1) is 0 Å². The van der Waals surface area contributed by atoms with Crippen LogP contribution >= 0.6 is 0 Å². The van der Waals surface area contributed by atoms with Gasteiger partial charge in [-0.2, -0.15) is 13.2 Å². The van der Waals surface area contributed by atoms with Crippen LogP contribution in [0.5, 0.6) is 0 Å². The number of amides is 1. The van der Waals surface area contributed by atoms with E-state index in [1.54, 1.807) is 6.07 Å². The first kappa shape index (κ1) is 20.0. The van der Waals surface area contributed by atoms with Crippen molar-refractivity contribution >= 4 is 17.4 Å². The number of hydrogen-bond donors (Lipinski definition) is 1. The normalized spacial score (nSPS) is 17.3. The number of piperidine rings is 1. The molecular weight excluding hydrogens is 404 g/mol. The molecule has 0 bridgehead atoms. The van der Waals surface area contributed by atoms with Gasteiger partial charge in [0, 0.05) is 31.5 Å². The Morgan fingerprint density at radius 3 is 2.87 bits per heavy atom. The third kappa shape index (κ3) is 4.50. The van der Waals surface area contributed by atoms with E-state index in [-0.39, 0.29) is 12.6 Å². The Bertz CT molecular complexity index is 1070. The minimum absolute atomic E-state index is 0.162. The zero-order chi connectivity index (χ0) is 21.3. The molecular formula is C19H18F4N6O. The molecule has 0 radical (unpaired) electrons. The second-order valence-corrected chi connectivity index (χ2v) is 7.10. The number of rotatable bonds is 4. The highest BCUT2D eigenvalue weighted by molar-refractivity contribution is 5.77. The van der Waals surface area contributed by atoms with E-state index in [4.69, 9.17) is 0 Å². The molecule has 1 atom stereocenters. The summed E-state index contributed by atoms with van der Waals surface area (Å²) >= 11 is 0. The summed E-state index contributed by atoms with van der Waals surface area (Å²) in [4.78, 5) is 26.0. The minimum atomic E-state index is -4.52. The van der Waals surface area contributed by atoms with Crippen molar-refractivity contribution in [2.75, 3.05) is 18.4 Å². The summed E-state index contributed by atoms with van der Waals surface area (Å²) in [7, 11) is 0. The number of carbonyl (C=O) groups is 1. The fourth-order valence-corrected chi connectivity index (χ4v) is 3.50. The van der Waals surface area contributed by atoms with Crippen LogP contribution in [0.25, 0.3) is 17.2 Å². The first-order valence-electron chi connectivity index (χ1n) is 9.35. The van der Waals surface area contributed by atoms with Gasteiger partial charge < -0.3 is 10.2 Å². The second-order valence-electron chi connectivity index (χ2n) is 7.10. The van der Waals surface area contributed by atoms with Crippen molar-refractivity contribution in [1.82, 2.24) is 24.3 Å². The summed E-state index contributed by atoms with van der Waals surface area (Å²) in [5.41, 5.74) is 1.04. The molecule has 7 nitrogen and oxygen atoms in total. The standard InChI is InChI=1S/C19H18F4N6O/c20-12-3-4-16-25-9-14(29(16)10-12)18-24-6-5-15(27-18)26-13-2-1-7-28(11-13)17(30)8-19(21,22)23/h3-6,9-10,13H,1-2,7-8,11H2,(H,24,26,27). The van der Waals surface area contributed by atoms with Crippen molar-refractivity contribution in [2.45, 2.75) is 31.5 Å². The van der Waals surface area contributed by atoms with Gasteiger partial charge in [0.05, 0.1) is 6.20 Å². The van der Waals surface area contributed by atoms with E-state index in [9.17, 15) is 22.4 Å². The Hall–Kier alpha value is -3.24. The van der Waals surface area contributed by atoms with Crippen molar-refractivity contribution in [2.24, 2.45) is 0 Å². The fourth-order valence-electron chi connectivity index (χ4n) is 3.50. The molecule has 1 saturated heterocycles.